The van der Waals surface area contributed by atoms with Gasteiger partial charge in [0.25, 0.3) is 0 Å². The van der Waals surface area contributed by atoms with Gasteiger partial charge in [0.05, 0.1) is 13.0 Å². The van der Waals surface area contributed by atoms with E-state index in [0.717, 1.165) is 0 Å². The lowest BCUT2D eigenvalue weighted by Gasteiger charge is -2.26. The molecule has 2 atom stereocenters. The largest absolute Gasteiger partial charge is 0.467 e. The van der Waals surface area contributed by atoms with E-state index in [1.807, 2.05) is 13.8 Å². The summed E-state index contributed by atoms with van der Waals surface area (Å²) in [6.07, 6.45) is 1.25. The van der Waals surface area contributed by atoms with E-state index in [1.165, 1.54) is 7.11 Å². The Kier molecular flexibility index (Phi) is 7.79. The van der Waals surface area contributed by atoms with Crippen molar-refractivity contribution in [3.05, 3.63) is 0 Å². The Morgan fingerprint density at radius 2 is 1.80 bits per heavy atom. The highest BCUT2D eigenvalue weighted by atomic mass is 16.5. The molecule has 0 radical (unpaired) electrons. The van der Waals surface area contributed by atoms with Crippen molar-refractivity contribution in [2.24, 2.45) is 23.0 Å². The molecule has 0 aromatic carbocycles. The van der Waals surface area contributed by atoms with E-state index in [1.54, 1.807) is 0 Å². The van der Waals surface area contributed by atoms with Gasteiger partial charge < -0.3 is 15.8 Å². The Hall–Kier alpha value is -1.10. The fourth-order valence-electron chi connectivity index (χ4n) is 2.14. The van der Waals surface area contributed by atoms with Crippen molar-refractivity contribution in [3.8, 4) is 0 Å². The van der Waals surface area contributed by atoms with Gasteiger partial charge in [-0.1, -0.05) is 34.6 Å². The molecule has 0 saturated carbocycles. The maximum atomic E-state index is 12.3. The number of hydrogen-bond acceptors (Lipinski definition) is 4. The summed E-state index contributed by atoms with van der Waals surface area (Å²) in [5, 5.41) is 2.78. The quantitative estimate of drug-likeness (QED) is 0.698. The van der Waals surface area contributed by atoms with Crippen molar-refractivity contribution >= 4 is 11.9 Å². The van der Waals surface area contributed by atoms with Crippen molar-refractivity contribution in [1.82, 2.24) is 5.32 Å². The summed E-state index contributed by atoms with van der Waals surface area (Å²) in [7, 11) is 1.33. The van der Waals surface area contributed by atoms with Crippen LogP contribution in [0, 0.1) is 17.3 Å². The van der Waals surface area contributed by atoms with E-state index in [2.05, 4.69) is 26.1 Å². The molecule has 0 aliphatic carbocycles. The Labute approximate surface area is 122 Å². The van der Waals surface area contributed by atoms with E-state index < -0.39 is 12.0 Å². The van der Waals surface area contributed by atoms with Crippen LogP contribution in [0.15, 0.2) is 0 Å². The minimum absolute atomic E-state index is 0.0141. The Balaban J connectivity index is 4.75. The highest BCUT2D eigenvalue weighted by Gasteiger charge is 2.28. The SMILES string of the molecule is COC(=O)C(CC(C)C)NC(=O)C(CN)CC(C)(C)C. The molecule has 0 saturated heterocycles. The second-order valence-electron chi connectivity index (χ2n) is 6.91. The topological polar surface area (TPSA) is 81.4 Å². The molecule has 0 bridgehead atoms. The Morgan fingerprint density at radius 3 is 2.15 bits per heavy atom. The first kappa shape index (κ1) is 18.9. The van der Waals surface area contributed by atoms with Crippen LogP contribution in [0.2, 0.25) is 0 Å². The summed E-state index contributed by atoms with van der Waals surface area (Å²) >= 11 is 0. The van der Waals surface area contributed by atoms with E-state index in [-0.39, 0.29) is 23.8 Å². The number of hydrogen-bond donors (Lipinski definition) is 2. The van der Waals surface area contributed by atoms with Crippen LogP contribution in [-0.2, 0) is 14.3 Å². The van der Waals surface area contributed by atoms with Gasteiger partial charge in [-0.3, -0.25) is 4.79 Å². The third-order valence-corrected chi connectivity index (χ3v) is 3.02. The van der Waals surface area contributed by atoms with Gasteiger partial charge in [-0.15, -0.1) is 0 Å². The van der Waals surface area contributed by atoms with Crippen LogP contribution in [0.25, 0.3) is 0 Å². The molecule has 118 valence electrons. The van der Waals surface area contributed by atoms with Crippen molar-refractivity contribution in [2.75, 3.05) is 13.7 Å². The zero-order valence-corrected chi connectivity index (χ0v) is 13.7. The van der Waals surface area contributed by atoms with Crippen LogP contribution < -0.4 is 11.1 Å². The average Bonchev–Trinajstić information content (AvgIpc) is 2.32. The van der Waals surface area contributed by atoms with Crippen LogP contribution in [0.4, 0.5) is 0 Å². The van der Waals surface area contributed by atoms with E-state index in [4.69, 9.17) is 10.5 Å². The number of rotatable bonds is 7. The van der Waals surface area contributed by atoms with Gasteiger partial charge in [0, 0.05) is 6.54 Å². The molecule has 1 amide bonds. The molecule has 0 aliphatic heterocycles. The number of carbonyl (C=O) groups is 2. The number of esters is 1. The molecule has 0 aliphatic rings. The number of ether oxygens (including phenoxy) is 1. The third kappa shape index (κ3) is 7.48. The molecule has 5 heteroatoms. The maximum Gasteiger partial charge on any atom is 0.328 e. The molecular weight excluding hydrogens is 256 g/mol. The van der Waals surface area contributed by atoms with Crippen molar-refractivity contribution in [3.63, 3.8) is 0 Å². The maximum absolute atomic E-state index is 12.3. The Morgan fingerprint density at radius 1 is 1.25 bits per heavy atom. The van der Waals surface area contributed by atoms with Gasteiger partial charge in [0.1, 0.15) is 6.04 Å². The highest BCUT2D eigenvalue weighted by Crippen LogP contribution is 2.24. The minimum Gasteiger partial charge on any atom is -0.467 e. The molecule has 2 unspecified atom stereocenters. The fraction of sp³-hybridized carbons (Fsp3) is 0.867. The van der Waals surface area contributed by atoms with Crippen LogP contribution in [0.3, 0.4) is 0 Å². The monoisotopic (exact) mass is 286 g/mol. The van der Waals surface area contributed by atoms with Crippen LogP contribution in [-0.4, -0.2) is 31.6 Å². The predicted octanol–water partition coefficient (Wildman–Crippen LogP) is 1.70. The number of nitrogens with one attached hydrogen (secondary N) is 1. The van der Waals surface area contributed by atoms with Crippen molar-refractivity contribution in [1.29, 1.82) is 0 Å². The zero-order chi connectivity index (χ0) is 15.9. The molecule has 0 spiro atoms. The number of methoxy groups -OCH3 is 1. The minimum atomic E-state index is -0.596. The molecule has 0 heterocycles. The van der Waals surface area contributed by atoms with Crippen LogP contribution >= 0.6 is 0 Å². The molecular formula is C15H30N2O3. The average molecular weight is 286 g/mol. The summed E-state index contributed by atoms with van der Waals surface area (Å²) < 4.78 is 4.74. The number of amides is 1. The number of nitrogens with two attached hydrogens (primary N) is 1. The summed E-state index contributed by atoms with van der Waals surface area (Å²) in [6, 6.07) is -0.596. The fourth-order valence-corrected chi connectivity index (χ4v) is 2.14. The number of carbonyl (C=O) groups excluding carboxylic acids is 2. The van der Waals surface area contributed by atoms with Gasteiger partial charge in [-0.25, -0.2) is 4.79 Å². The summed E-state index contributed by atoms with van der Waals surface area (Å²) in [5.41, 5.74) is 5.70. The summed E-state index contributed by atoms with van der Waals surface area (Å²) in [5.74, 6) is -0.565. The predicted molar refractivity (Wildman–Crippen MR) is 80.0 cm³/mol. The summed E-state index contributed by atoms with van der Waals surface area (Å²) in [4.78, 5) is 24.0. The van der Waals surface area contributed by atoms with Gasteiger partial charge in [-0.2, -0.15) is 0 Å². The molecule has 3 N–H and O–H groups in total. The first-order chi connectivity index (χ1) is 9.10. The second kappa shape index (κ2) is 8.25. The molecule has 0 rings (SSSR count). The van der Waals surface area contributed by atoms with Gasteiger partial charge >= 0.3 is 5.97 Å². The van der Waals surface area contributed by atoms with Crippen LogP contribution in [0.1, 0.15) is 47.5 Å². The molecule has 5 nitrogen and oxygen atoms in total. The lowest BCUT2D eigenvalue weighted by atomic mass is 9.84. The standard InChI is InChI=1S/C15H30N2O3/c1-10(2)7-12(14(19)20-6)17-13(18)11(9-16)8-15(3,4)5/h10-12H,7-9,16H2,1-6H3,(H,17,18). The normalized spacial score (nSPS) is 14.8. The third-order valence-electron chi connectivity index (χ3n) is 3.02. The lowest BCUT2D eigenvalue weighted by molar-refractivity contribution is -0.146. The smallest absolute Gasteiger partial charge is 0.328 e. The summed E-state index contributed by atoms with van der Waals surface area (Å²) in [6.45, 7) is 10.5. The lowest BCUT2D eigenvalue weighted by Crippen LogP contribution is -2.47. The van der Waals surface area contributed by atoms with E-state index >= 15 is 0 Å². The van der Waals surface area contributed by atoms with Crippen molar-refractivity contribution < 1.29 is 14.3 Å². The van der Waals surface area contributed by atoms with E-state index in [9.17, 15) is 9.59 Å². The van der Waals surface area contributed by atoms with Gasteiger partial charge in [-0.05, 0) is 24.2 Å². The molecule has 20 heavy (non-hydrogen) atoms. The van der Waals surface area contributed by atoms with E-state index in [0.29, 0.717) is 18.8 Å². The zero-order valence-electron chi connectivity index (χ0n) is 13.7. The first-order valence-corrected chi connectivity index (χ1v) is 7.19. The van der Waals surface area contributed by atoms with Crippen molar-refractivity contribution in [2.45, 2.75) is 53.5 Å². The first-order valence-electron chi connectivity index (χ1n) is 7.19. The van der Waals surface area contributed by atoms with Gasteiger partial charge in [0.2, 0.25) is 5.91 Å². The highest BCUT2D eigenvalue weighted by molar-refractivity contribution is 5.85. The molecule has 0 aromatic rings. The van der Waals surface area contributed by atoms with Gasteiger partial charge in [0.15, 0.2) is 0 Å². The molecule has 0 fully saturated rings. The second-order valence-corrected chi connectivity index (χ2v) is 6.91. The van der Waals surface area contributed by atoms with Crippen LogP contribution in [0.5, 0.6) is 0 Å². The Bertz CT molecular complexity index is 322. The molecule has 0 aromatic heterocycles.